The van der Waals surface area contributed by atoms with Crippen LogP contribution in [0.25, 0.3) is 0 Å². The minimum absolute atomic E-state index is 0.103. The van der Waals surface area contributed by atoms with Crippen LogP contribution in [0.5, 0.6) is 0 Å². The summed E-state index contributed by atoms with van der Waals surface area (Å²) >= 11 is 1.27. The highest BCUT2D eigenvalue weighted by atomic mass is 32.2. The molecule has 7 heteroatoms. The summed E-state index contributed by atoms with van der Waals surface area (Å²) in [5, 5.41) is 4.98. The zero-order chi connectivity index (χ0) is 17.5. The van der Waals surface area contributed by atoms with Gasteiger partial charge in [0.2, 0.25) is 0 Å². The highest BCUT2D eigenvalue weighted by molar-refractivity contribution is 7.99. The first-order valence-corrected chi connectivity index (χ1v) is 9.31. The van der Waals surface area contributed by atoms with E-state index in [2.05, 4.69) is 41.3 Å². The smallest absolute Gasteiger partial charge is 0.250 e. The summed E-state index contributed by atoms with van der Waals surface area (Å²) in [6.45, 7) is 8.78. The van der Waals surface area contributed by atoms with Crippen molar-refractivity contribution >= 4 is 29.2 Å². The molecule has 3 rings (SSSR count). The van der Waals surface area contributed by atoms with Crippen molar-refractivity contribution in [3.8, 4) is 0 Å². The van der Waals surface area contributed by atoms with Crippen LogP contribution in [0.4, 0.5) is 5.82 Å². The van der Waals surface area contributed by atoms with Gasteiger partial charge in [0.25, 0.3) is 5.91 Å². The molecule has 24 heavy (non-hydrogen) atoms. The number of nitrogens with zero attached hydrogens (tertiary/aromatic N) is 3. The van der Waals surface area contributed by atoms with Gasteiger partial charge in [-0.1, -0.05) is 32.5 Å². The van der Waals surface area contributed by atoms with Crippen LogP contribution in [-0.2, 0) is 4.79 Å². The van der Waals surface area contributed by atoms with Gasteiger partial charge in [-0.25, -0.2) is 15.4 Å². The van der Waals surface area contributed by atoms with Gasteiger partial charge in [-0.3, -0.25) is 4.79 Å². The topological polar surface area (TPSA) is 93.3 Å². The van der Waals surface area contributed by atoms with Crippen LogP contribution in [0.2, 0.25) is 0 Å². The third-order valence-corrected chi connectivity index (χ3v) is 6.86. The molecule has 0 aromatic carbocycles. The Balaban J connectivity index is 1.58. The Labute approximate surface area is 147 Å². The number of nitrogens with two attached hydrogens (primary N) is 1. The van der Waals surface area contributed by atoms with Crippen molar-refractivity contribution < 1.29 is 4.79 Å². The van der Waals surface area contributed by atoms with Crippen LogP contribution in [0.15, 0.2) is 16.3 Å². The van der Waals surface area contributed by atoms with Crippen molar-refractivity contribution in [1.82, 2.24) is 15.4 Å². The lowest BCUT2D eigenvalue weighted by Crippen LogP contribution is -2.34. The van der Waals surface area contributed by atoms with Crippen LogP contribution in [0, 0.1) is 23.7 Å². The Bertz CT molecular complexity index is 682. The van der Waals surface area contributed by atoms with E-state index in [-0.39, 0.29) is 22.5 Å². The average molecular weight is 347 g/mol. The van der Waals surface area contributed by atoms with Gasteiger partial charge in [-0.2, -0.15) is 5.10 Å². The number of anilines is 1. The molecule has 3 N–H and O–H groups in total. The lowest BCUT2D eigenvalue weighted by atomic mass is 9.70. The van der Waals surface area contributed by atoms with E-state index in [9.17, 15) is 4.79 Å². The number of rotatable bonds is 4. The number of carbonyl (C=O) groups is 1. The van der Waals surface area contributed by atoms with E-state index in [1.165, 1.54) is 18.2 Å². The van der Waals surface area contributed by atoms with Gasteiger partial charge >= 0.3 is 0 Å². The van der Waals surface area contributed by atoms with Crippen LogP contribution < -0.4 is 11.2 Å². The summed E-state index contributed by atoms with van der Waals surface area (Å²) in [7, 11) is 0. The Kier molecular flexibility index (Phi) is 4.32. The minimum Gasteiger partial charge on any atom is -0.384 e. The first-order valence-electron chi connectivity index (χ1n) is 8.32. The number of hydrazone groups is 1. The van der Waals surface area contributed by atoms with Crippen molar-refractivity contribution in [2.75, 3.05) is 11.5 Å². The number of hydrogen-bond acceptors (Lipinski definition) is 6. The first kappa shape index (κ1) is 17.2. The zero-order valence-electron chi connectivity index (χ0n) is 14.7. The quantitative estimate of drug-likeness (QED) is 0.496. The number of nitrogens with one attached hydrogen (secondary N) is 1. The van der Waals surface area contributed by atoms with Crippen molar-refractivity contribution in [3.63, 3.8) is 0 Å². The number of amides is 1. The summed E-state index contributed by atoms with van der Waals surface area (Å²) in [5.74, 6) is 1.18. The second kappa shape index (κ2) is 6.02. The van der Waals surface area contributed by atoms with Gasteiger partial charge in [0.1, 0.15) is 5.82 Å². The summed E-state index contributed by atoms with van der Waals surface area (Å²) in [6.07, 6.45) is 3.41. The second-order valence-corrected chi connectivity index (χ2v) is 8.53. The number of thioether (sulfide) groups is 1. The van der Waals surface area contributed by atoms with E-state index < -0.39 is 0 Å². The molecule has 0 unspecified atom stereocenters. The van der Waals surface area contributed by atoms with E-state index in [1.54, 1.807) is 6.07 Å². The minimum atomic E-state index is -0.139. The van der Waals surface area contributed by atoms with Crippen LogP contribution in [-0.4, -0.2) is 27.3 Å². The molecule has 2 aliphatic carbocycles. The molecule has 1 amide bonds. The SMILES string of the molecule is Cc1cc(N)nc(SCC(=O)N/N=C2\C[C@H]3CC[C@@]2(C)C3(C)C)n1. The lowest BCUT2D eigenvalue weighted by Gasteiger charge is -2.34. The van der Waals surface area contributed by atoms with Gasteiger partial charge in [-0.05, 0) is 37.5 Å². The molecule has 0 saturated heterocycles. The zero-order valence-corrected chi connectivity index (χ0v) is 15.5. The fourth-order valence-electron chi connectivity index (χ4n) is 4.02. The molecular formula is C17H25N5OS. The Morgan fingerprint density at radius 2 is 2.21 bits per heavy atom. The molecule has 2 saturated carbocycles. The number of aromatic nitrogens is 2. The van der Waals surface area contributed by atoms with Gasteiger partial charge in [0, 0.05) is 22.9 Å². The summed E-state index contributed by atoms with van der Waals surface area (Å²) < 4.78 is 0. The van der Waals surface area contributed by atoms with Crippen molar-refractivity contribution in [3.05, 3.63) is 11.8 Å². The van der Waals surface area contributed by atoms with E-state index >= 15 is 0 Å². The molecule has 0 aliphatic heterocycles. The normalized spacial score (nSPS) is 29.2. The predicted octanol–water partition coefficient (Wildman–Crippen LogP) is 2.78. The van der Waals surface area contributed by atoms with Crippen LogP contribution in [0.3, 0.4) is 0 Å². The maximum absolute atomic E-state index is 12.1. The third-order valence-electron chi connectivity index (χ3n) is 6.01. The molecule has 1 aromatic rings. The third kappa shape index (κ3) is 2.90. The van der Waals surface area contributed by atoms with Gasteiger partial charge in [0.15, 0.2) is 5.16 Å². The monoisotopic (exact) mass is 347 g/mol. The fourth-order valence-corrected chi connectivity index (χ4v) is 4.72. The number of carbonyl (C=O) groups excluding carboxylic acids is 1. The summed E-state index contributed by atoms with van der Waals surface area (Å²) in [5.41, 5.74) is 10.7. The van der Waals surface area contributed by atoms with E-state index in [1.807, 2.05) is 6.92 Å². The van der Waals surface area contributed by atoms with E-state index in [0.717, 1.165) is 24.2 Å². The number of hydrogen-bond donors (Lipinski definition) is 2. The maximum Gasteiger partial charge on any atom is 0.250 e. The van der Waals surface area contributed by atoms with Crippen molar-refractivity contribution in [2.45, 2.75) is 52.1 Å². The largest absolute Gasteiger partial charge is 0.384 e. The molecule has 0 spiro atoms. The molecular weight excluding hydrogens is 322 g/mol. The molecule has 6 nitrogen and oxygen atoms in total. The van der Waals surface area contributed by atoms with Crippen LogP contribution >= 0.6 is 11.8 Å². The number of fused-ring (bicyclic) bond motifs is 2. The highest BCUT2D eigenvalue weighted by Gasteiger charge is 2.59. The lowest BCUT2D eigenvalue weighted by molar-refractivity contribution is -0.118. The first-order chi connectivity index (χ1) is 11.2. The van der Waals surface area contributed by atoms with Gasteiger partial charge in [-0.15, -0.1) is 0 Å². The molecule has 0 radical (unpaired) electrons. The molecule has 130 valence electrons. The molecule has 2 atom stereocenters. The van der Waals surface area contributed by atoms with Crippen molar-refractivity contribution in [1.29, 1.82) is 0 Å². The molecule has 1 heterocycles. The standard InChI is InChI=1S/C17H25N5OS/c1-10-7-13(18)20-15(19-10)24-9-14(23)22-21-12-8-11-5-6-17(12,4)16(11,2)3/h7,11H,5-6,8-9H2,1-4H3,(H,22,23)(H2,18,19,20)/b21-12+/t11-,17-/m1/s1. The second-order valence-electron chi connectivity index (χ2n) is 7.59. The molecule has 2 aliphatic rings. The Morgan fingerprint density at radius 3 is 2.79 bits per heavy atom. The maximum atomic E-state index is 12.1. The Morgan fingerprint density at radius 1 is 1.46 bits per heavy atom. The molecule has 2 bridgehead atoms. The summed E-state index contributed by atoms with van der Waals surface area (Å²) in [6, 6.07) is 1.70. The molecule has 2 fully saturated rings. The number of aryl methyl sites for hydroxylation is 1. The predicted molar refractivity (Wildman–Crippen MR) is 96.7 cm³/mol. The fraction of sp³-hybridized carbons (Fsp3) is 0.647. The van der Waals surface area contributed by atoms with Gasteiger partial charge < -0.3 is 5.73 Å². The number of nitrogen functional groups attached to an aromatic ring is 1. The average Bonchev–Trinajstić information content (AvgIpc) is 2.83. The van der Waals surface area contributed by atoms with Crippen LogP contribution in [0.1, 0.15) is 45.7 Å². The van der Waals surface area contributed by atoms with Crippen molar-refractivity contribution in [2.24, 2.45) is 21.8 Å². The van der Waals surface area contributed by atoms with Gasteiger partial charge in [0.05, 0.1) is 5.75 Å². The molecule has 1 aromatic heterocycles. The Hall–Kier alpha value is -1.63. The van der Waals surface area contributed by atoms with E-state index in [0.29, 0.717) is 16.9 Å². The highest BCUT2D eigenvalue weighted by Crippen LogP contribution is 2.63. The summed E-state index contributed by atoms with van der Waals surface area (Å²) in [4.78, 5) is 20.5. The van der Waals surface area contributed by atoms with E-state index in [4.69, 9.17) is 5.73 Å².